The molecule has 0 atom stereocenters. The van der Waals surface area contributed by atoms with Gasteiger partial charge in [0, 0.05) is 29.8 Å². The third-order valence-electron chi connectivity index (χ3n) is 4.28. The van der Waals surface area contributed by atoms with Crippen LogP contribution in [0.1, 0.15) is 28.8 Å². The van der Waals surface area contributed by atoms with Gasteiger partial charge in [-0.25, -0.2) is 21.9 Å². The molecule has 0 heterocycles. The predicted molar refractivity (Wildman–Crippen MR) is 91.9 cm³/mol. The zero-order chi connectivity index (χ0) is 18.9. The Bertz CT molecular complexity index is 926. The van der Waals surface area contributed by atoms with Crippen molar-refractivity contribution in [3.8, 4) is 0 Å². The molecule has 0 saturated heterocycles. The van der Waals surface area contributed by atoms with Gasteiger partial charge in [0.25, 0.3) is 5.91 Å². The largest absolute Gasteiger partial charge is 0.331 e. The molecule has 0 unspecified atom stereocenters. The van der Waals surface area contributed by atoms with Crippen LogP contribution in [0.2, 0.25) is 0 Å². The molecule has 2 aromatic rings. The fourth-order valence-corrected chi connectivity index (χ4v) is 3.38. The Kier molecular flexibility index (Phi) is 5.06. The second kappa shape index (κ2) is 7.13. The fourth-order valence-electron chi connectivity index (χ4n) is 2.65. The summed E-state index contributed by atoms with van der Waals surface area (Å²) >= 11 is 0. The van der Waals surface area contributed by atoms with E-state index >= 15 is 0 Å². The Morgan fingerprint density at radius 2 is 1.81 bits per heavy atom. The first-order chi connectivity index (χ1) is 12.3. The lowest BCUT2D eigenvalue weighted by atomic mass is 10.1. The number of rotatable bonds is 6. The van der Waals surface area contributed by atoms with E-state index in [1.165, 1.54) is 42.3 Å². The summed E-state index contributed by atoms with van der Waals surface area (Å²) in [4.78, 5) is 14.4. The van der Waals surface area contributed by atoms with Crippen LogP contribution >= 0.6 is 0 Å². The highest BCUT2D eigenvalue weighted by atomic mass is 32.2. The maximum absolute atomic E-state index is 13.9. The van der Waals surface area contributed by atoms with Crippen molar-refractivity contribution >= 4 is 15.9 Å². The van der Waals surface area contributed by atoms with Gasteiger partial charge in [0.05, 0.1) is 4.90 Å². The zero-order valence-electron chi connectivity index (χ0n) is 14.1. The molecule has 0 spiro atoms. The molecule has 26 heavy (non-hydrogen) atoms. The first kappa shape index (κ1) is 18.5. The average molecular weight is 380 g/mol. The number of carbonyl (C=O) groups is 1. The summed E-state index contributed by atoms with van der Waals surface area (Å²) < 4.78 is 52.7. The zero-order valence-corrected chi connectivity index (χ0v) is 14.9. The van der Waals surface area contributed by atoms with Crippen molar-refractivity contribution in [2.75, 3.05) is 7.05 Å². The van der Waals surface area contributed by atoms with Gasteiger partial charge in [-0.15, -0.1) is 0 Å². The number of benzene rings is 2. The Morgan fingerprint density at radius 1 is 1.15 bits per heavy atom. The summed E-state index contributed by atoms with van der Waals surface area (Å²) in [5.74, 6) is -1.68. The normalized spacial score (nSPS) is 14.3. The number of carbonyl (C=O) groups excluding carboxylic acids is 1. The lowest BCUT2D eigenvalue weighted by molar-refractivity contribution is 0.0728. The van der Waals surface area contributed by atoms with E-state index in [1.54, 1.807) is 0 Å². The van der Waals surface area contributed by atoms with Crippen LogP contribution in [-0.2, 0) is 16.6 Å². The van der Waals surface area contributed by atoms with Crippen molar-refractivity contribution in [1.29, 1.82) is 0 Å². The van der Waals surface area contributed by atoms with E-state index in [0.717, 1.165) is 25.0 Å². The molecule has 2 aromatic carbocycles. The van der Waals surface area contributed by atoms with Gasteiger partial charge in [0.15, 0.2) is 0 Å². The highest BCUT2D eigenvalue weighted by Crippen LogP contribution is 2.30. The van der Waals surface area contributed by atoms with E-state index in [-0.39, 0.29) is 29.0 Å². The molecule has 0 aromatic heterocycles. The molecule has 1 amide bonds. The quantitative estimate of drug-likeness (QED) is 0.838. The molecule has 1 aliphatic carbocycles. The third-order valence-corrected chi connectivity index (χ3v) is 5.71. The summed E-state index contributed by atoms with van der Waals surface area (Å²) in [6, 6.07) is 8.86. The van der Waals surface area contributed by atoms with E-state index in [1.807, 2.05) is 0 Å². The summed E-state index contributed by atoms with van der Waals surface area (Å²) in [6.45, 7) is 0.0339. The molecule has 1 N–H and O–H groups in total. The number of hydrogen-bond donors (Lipinski definition) is 1. The van der Waals surface area contributed by atoms with E-state index in [0.29, 0.717) is 5.56 Å². The van der Waals surface area contributed by atoms with Crippen molar-refractivity contribution < 1.29 is 22.0 Å². The van der Waals surface area contributed by atoms with E-state index < -0.39 is 21.7 Å². The highest BCUT2D eigenvalue weighted by molar-refractivity contribution is 7.89. The molecular weight excluding hydrogens is 362 g/mol. The minimum Gasteiger partial charge on any atom is -0.331 e. The van der Waals surface area contributed by atoms with Crippen molar-refractivity contribution in [3.63, 3.8) is 0 Å². The molecule has 1 aliphatic rings. The Morgan fingerprint density at radius 3 is 2.35 bits per heavy atom. The Balaban J connectivity index is 1.83. The lowest BCUT2D eigenvalue weighted by Crippen LogP contribution is -2.33. The SMILES string of the molecule is CNS(=O)(=O)c1ccc(C(=O)N(Cc2ccc(F)cc2F)C2CC2)cc1. The van der Waals surface area contributed by atoms with Crippen LogP contribution in [0.3, 0.4) is 0 Å². The van der Waals surface area contributed by atoms with E-state index in [4.69, 9.17) is 0 Å². The average Bonchev–Trinajstić information content (AvgIpc) is 3.45. The summed E-state index contributed by atoms with van der Waals surface area (Å²) in [5.41, 5.74) is 0.551. The third kappa shape index (κ3) is 3.91. The Labute approximate surface area is 150 Å². The number of amides is 1. The van der Waals surface area contributed by atoms with Gasteiger partial charge >= 0.3 is 0 Å². The van der Waals surface area contributed by atoms with Gasteiger partial charge in [-0.2, -0.15) is 0 Å². The molecule has 8 heteroatoms. The number of halogens is 2. The maximum Gasteiger partial charge on any atom is 0.254 e. The standard InChI is InChI=1S/C18H18F2N2O3S/c1-21-26(24,25)16-8-3-12(4-9-16)18(23)22(15-6-7-15)11-13-2-5-14(19)10-17(13)20/h2-5,8-10,15,21H,6-7,11H2,1H3. The number of nitrogens with one attached hydrogen (secondary N) is 1. The Hall–Kier alpha value is -2.32. The minimum atomic E-state index is -3.58. The smallest absolute Gasteiger partial charge is 0.254 e. The van der Waals surface area contributed by atoms with Gasteiger partial charge in [-0.05, 0) is 50.2 Å². The van der Waals surface area contributed by atoms with Gasteiger partial charge in [-0.3, -0.25) is 4.79 Å². The number of hydrogen-bond acceptors (Lipinski definition) is 3. The van der Waals surface area contributed by atoms with Crippen LogP contribution in [0.25, 0.3) is 0 Å². The second-order valence-corrected chi connectivity index (χ2v) is 8.02. The van der Waals surface area contributed by atoms with Crippen LogP contribution in [0.15, 0.2) is 47.4 Å². The summed E-state index contributed by atoms with van der Waals surface area (Å²) in [5, 5.41) is 0. The highest BCUT2D eigenvalue weighted by Gasteiger charge is 2.33. The first-order valence-corrected chi connectivity index (χ1v) is 9.58. The van der Waals surface area contributed by atoms with Crippen LogP contribution in [0.4, 0.5) is 8.78 Å². The molecule has 5 nitrogen and oxygen atoms in total. The van der Waals surface area contributed by atoms with Gasteiger partial charge in [-0.1, -0.05) is 6.07 Å². The van der Waals surface area contributed by atoms with Crippen LogP contribution in [0, 0.1) is 11.6 Å². The monoisotopic (exact) mass is 380 g/mol. The van der Waals surface area contributed by atoms with E-state index in [9.17, 15) is 22.0 Å². The summed E-state index contributed by atoms with van der Waals surface area (Å²) in [6.07, 6.45) is 1.64. The van der Waals surface area contributed by atoms with Crippen LogP contribution in [0.5, 0.6) is 0 Å². The van der Waals surface area contributed by atoms with Crippen molar-refractivity contribution in [2.45, 2.75) is 30.3 Å². The van der Waals surface area contributed by atoms with Crippen LogP contribution < -0.4 is 4.72 Å². The molecule has 3 rings (SSSR count). The lowest BCUT2D eigenvalue weighted by Gasteiger charge is -2.23. The summed E-state index contributed by atoms with van der Waals surface area (Å²) in [7, 11) is -2.28. The van der Waals surface area contributed by atoms with Gasteiger partial charge in [0.1, 0.15) is 11.6 Å². The molecule has 0 bridgehead atoms. The van der Waals surface area contributed by atoms with Crippen molar-refractivity contribution in [1.82, 2.24) is 9.62 Å². The fraction of sp³-hybridized carbons (Fsp3) is 0.278. The first-order valence-electron chi connectivity index (χ1n) is 8.10. The maximum atomic E-state index is 13.9. The van der Waals surface area contributed by atoms with Gasteiger partial charge in [0.2, 0.25) is 10.0 Å². The molecule has 138 valence electrons. The number of nitrogens with zero attached hydrogens (tertiary/aromatic N) is 1. The van der Waals surface area contributed by atoms with Crippen molar-refractivity contribution in [3.05, 3.63) is 65.2 Å². The molecule has 1 fully saturated rings. The molecular formula is C18H18F2N2O3S. The predicted octanol–water partition coefficient (Wildman–Crippen LogP) is 2.68. The van der Waals surface area contributed by atoms with Crippen molar-refractivity contribution in [2.24, 2.45) is 0 Å². The molecule has 0 aliphatic heterocycles. The minimum absolute atomic E-state index is 0.00710. The second-order valence-electron chi connectivity index (χ2n) is 6.13. The number of sulfonamides is 1. The van der Waals surface area contributed by atoms with Crippen LogP contribution in [-0.4, -0.2) is 32.3 Å². The van der Waals surface area contributed by atoms with Gasteiger partial charge < -0.3 is 4.90 Å². The topological polar surface area (TPSA) is 66.5 Å². The molecule has 0 radical (unpaired) electrons. The molecule has 1 saturated carbocycles. The van der Waals surface area contributed by atoms with E-state index in [2.05, 4.69) is 4.72 Å².